The van der Waals surface area contributed by atoms with Gasteiger partial charge in [-0.15, -0.1) is 0 Å². The summed E-state index contributed by atoms with van der Waals surface area (Å²) in [7, 11) is 1.79. The van der Waals surface area contributed by atoms with E-state index in [9.17, 15) is 5.11 Å². The third-order valence-electron chi connectivity index (χ3n) is 1.94. The van der Waals surface area contributed by atoms with Crippen LogP contribution in [0.15, 0.2) is 0 Å². The molecular formula is C11H25NO4. The van der Waals surface area contributed by atoms with Crippen LogP contribution in [0.2, 0.25) is 0 Å². The van der Waals surface area contributed by atoms with E-state index in [0.717, 1.165) is 0 Å². The minimum absolute atomic E-state index is 0.0887. The van der Waals surface area contributed by atoms with Crippen LogP contribution in [0.4, 0.5) is 0 Å². The first-order valence-electron chi connectivity index (χ1n) is 5.80. The van der Waals surface area contributed by atoms with E-state index in [-0.39, 0.29) is 6.10 Å². The fraction of sp³-hybridized carbons (Fsp3) is 1.00. The Morgan fingerprint density at radius 3 is 2.56 bits per heavy atom. The summed E-state index contributed by atoms with van der Waals surface area (Å²) in [5, 5.41) is 12.2. The second-order valence-electron chi connectivity index (χ2n) is 3.63. The van der Waals surface area contributed by atoms with Crippen LogP contribution in [0.1, 0.15) is 13.8 Å². The van der Waals surface area contributed by atoms with Gasteiger partial charge in [0, 0.05) is 13.2 Å². The van der Waals surface area contributed by atoms with Gasteiger partial charge >= 0.3 is 0 Å². The van der Waals surface area contributed by atoms with Crippen LogP contribution >= 0.6 is 0 Å². The summed E-state index contributed by atoms with van der Waals surface area (Å²) in [6.07, 6.45) is -0.364. The molecule has 0 bridgehead atoms. The van der Waals surface area contributed by atoms with E-state index < -0.39 is 6.10 Å². The number of hydrogen-bond acceptors (Lipinski definition) is 5. The summed E-state index contributed by atoms with van der Waals surface area (Å²) in [4.78, 5) is 0. The predicted octanol–water partition coefficient (Wildman–Crippen LogP) is 0.0249. The molecule has 2 N–H and O–H groups in total. The van der Waals surface area contributed by atoms with Crippen LogP contribution < -0.4 is 5.32 Å². The minimum atomic E-state index is -0.453. The number of rotatable bonds is 11. The second-order valence-corrected chi connectivity index (χ2v) is 3.63. The largest absolute Gasteiger partial charge is 0.389 e. The third kappa shape index (κ3) is 10.3. The van der Waals surface area contributed by atoms with E-state index in [1.807, 2.05) is 13.8 Å². The van der Waals surface area contributed by atoms with Gasteiger partial charge in [0.2, 0.25) is 0 Å². The zero-order valence-corrected chi connectivity index (χ0v) is 10.6. The molecule has 5 heteroatoms. The Hall–Kier alpha value is -0.200. The van der Waals surface area contributed by atoms with Crippen molar-refractivity contribution in [1.29, 1.82) is 0 Å². The highest BCUT2D eigenvalue weighted by Crippen LogP contribution is 1.92. The normalized spacial score (nSPS) is 15.0. The van der Waals surface area contributed by atoms with Crippen LogP contribution in [-0.2, 0) is 14.2 Å². The van der Waals surface area contributed by atoms with Gasteiger partial charge in [0.15, 0.2) is 0 Å². The van der Waals surface area contributed by atoms with Crippen molar-refractivity contribution < 1.29 is 19.3 Å². The number of aliphatic hydroxyl groups is 1. The maximum Gasteiger partial charge on any atom is 0.0897 e. The van der Waals surface area contributed by atoms with Crippen molar-refractivity contribution in [2.45, 2.75) is 26.1 Å². The molecule has 98 valence electrons. The van der Waals surface area contributed by atoms with Crippen molar-refractivity contribution in [3.05, 3.63) is 0 Å². The van der Waals surface area contributed by atoms with Gasteiger partial charge in [-0.05, 0) is 20.9 Å². The number of aliphatic hydroxyl groups excluding tert-OH is 1. The molecule has 2 unspecified atom stereocenters. The Bertz CT molecular complexity index is 146. The molecule has 0 aromatic heterocycles. The summed E-state index contributed by atoms with van der Waals surface area (Å²) in [5.74, 6) is 0. The van der Waals surface area contributed by atoms with Crippen molar-refractivity contribution in [1.82, 2.24) is 5.32 Å². The van der Waals surface area contributed by atoms with E-state index in [4.69, 9.17) is 14.2 Å². The Labute approximate surface area is 98.1 Å². The van der Waals surface area contributed by atoms with Crippen LogP contribution in [-0.4, -0.2) is 63.9 Å². The van der Waals surface area contributed by atoms with Gasteiger partial charge < -0.3 is 24.6 Å². The van der Waals surface area contributed by atoms with Gasteiger partial charge in [-0.25, -0.2) is 0 Å². The van der Waals surface area contributed by atoms with Crippen LogP contribution in [0.5, 0.6) is 0 Å². The number of ether oxygens (including phenoxy) is 3. The molecule has 2 atom stereocenters. The zero-order chi connectivity index (χ0) is 12.2. The maximum absolute atomic E-state index is 9.33. The van der Waals surface area contributed by atoms with Gasteiger partial charge in [-0.1, -0.05) is 0 Å². The van der Waals surface area contributed by atoms with Crippen molar-refractivity contribution in [2.75, 3.05) is 46.6 Å². The lowest BCUT2D eigenvalue weighted by Gasteiger charge is -2.14. The molecule has 0 aromatic carbocycles. The monoisotopic (exact) mass is 235 g/mol. The SMILES string of the molecule is CCOCC(C)OCCOCC(O)CNC. The molecule has 0 rings (SSSR count). The first-order chi connectivity index (χ1) is 7.70. The molecule has 5 nitrogen and oxygen atoms in total. The van der Waals surface area contributed by atoms with Gasteiger partial charge in [0.05, 0.1) is 38.6 Å². The van der Waals surface area contributed by atoms with Crippen molar-refractivity contribution in [3.8, 4) is 0 Å². The lowest BCUT2D eigenvalue weighted by molar-refractivity contribution is -0.0390. The summed E-state index contributed by atoms with van der Waals surface area (Å²) < 4.78 is 15.9. The predicted molar refractivity (Wildman–Crippen MR) is 62.7 cm³/mol. The number of likely N-dealkylation sites (N-methyl/N-ethyl adjacent to an activating group) is 1. The van der Waals surface area contributed by atoms with E-state index in [2.05, 4.69) is 5.32 Å². The summed E-state index contributed by atoms with van der Waals surface area (Å²) in [5.41, 5.74) is 0. The Balaban J connectivity index is 3.19. The van der Waals surface area contributed by atoms with Crippen molar-refractivity contribution in [3.63, 3.8) is 0 Å². The lowest BCUT2D eigenvalue weighted by atomic mass is 10.4. The van der Waals surface area contributed by atoms with Gasteiger partial charge in [-0.3, -0.25) is 0 Å². The minimum Gasteiger partial charge on any atom is -0.389 e. The Morgan fingerprint density at radius 2 is 1.94 bits per heavy atom. The van der Waals surface area contributed by atoms with Gasteiger partial charge in [-0.2, -0.15) is 0 Å². The van der Waals surface area contributed by atoms with E-state index in [0.29, 0.717) is 39.6 Å². The zero-order valence-electron chi connectivity index (χ0n) is 10.6. The van der Waals surface area contributed by atoms with E-state index in [1.54, 1.807) is 7.05 Å². The molecule has 0 aliphatic carbocycles. The standard InChI is InChI=1S/C11H25NO4/c1-4-14-8-10(2)16-6-5-15-9-11(13)7-12-3/h10-13H,4-9H2,1-3H3. The quantitative estimate of drug-likeness (QED) is 0.495. The van der Waals surface area contributed by atoms with E-state index >= 15 is 0 Å². The number of nitrogens with one attached hydrogen (secondary N) is 1. The summed E-state index contributed by atoms with van der Waals surface area (Å²) >= 11 is 0. The molecule has 0 aliphatic rings. The molecule has 0 radical (unpaired) electrons. The average Bonchev–Trinajstić information content (AvgIpc) is 2.26. The topological polar surface area (TPSA) is 60.0 Å². The molecular weight excluding hydrogens is 210 g/mol. The number of hydrogen-bond donors (Lipinski definition) is 2. The Morgan fingerprint density at radius 1 is 1.19 bits per heavy atom. The van der Waals surface area contributed by atoms with Crippen molar-refractivity contribution in [2.24, 2.45) is 0 Å². The highest BCUT2D eigenvalue weighted by molar-refractivity contribution is 4.55. The van der Waals surface area contributed by atoms with Gasteiger partial charge in [0.25, 0.3) is 0 Å². The Kier molecular flexibility index (Phi) is 11.1. The lowest BCUT2D eigenvalue weighted by Crippen LogP contribution is -2.28. The average molecular weight is 235 g/mol. The van der Waals surface area contributed by atoms with Crippen LogP contribution in [0, 0.1) is 0 Å². The smallest absolute Gasteiger partial charge is 0.0897 e. The highest BCUT2D eigenvalue weighted by atomic mass is 16.6. The van der Waals surface area contributed by atoms with Crippen LogP contribution in [0.3, 0.4) is 0 Å². The van der Waals surface area contributed by atoms with Crippen LogP contribution in [0.25, 0.3) is 0 Å². The molecule has 0 amide bonds. The molecule has 0 aromatic rings. The molecule has 0 saturated heterocycles. The van der Waals surface area contributed by atoms with Crippen molar-refractivity contribution >= 4 is 0 Å². The first kappa shape index (κ1) is 15.8. The molecule has 0 saturated carbocycles. The fourth-order valence-electron chi connectivity index (χ4n) is 1.15. The van der Waals surface area contributed by atoms with Gasteiger partial charge in [0.1, 0.15) is 0 Å². The van der Waals surface area contributed by atoms with E-state index in [1.165, 1.54) is 0 Å². The first-order valence-corrected chi connectivity index (χ1v) is 5.80. The summed E-state index contributed by atoms with van der Waals surface area (Å²) in [6, 6.07) is 0. The molecule has 0 aliphatic heterocycles. The highest BCUT2D eigenvalue weighted by Gasteiger charge is 2.03. The fourth-order valence-corrected chi connectivity index (χ4v) is 1.15. The third-order valence-corrected chi connectivity index (χ3v) is 1.94. The molecule has 16 heavy (non-hydrogen) atoms. The summed E-state index contributed by atoms with van der Waals surface area (Å²) in [6.45, 7) is 7.15. The molecule has 0 fully saturated rings. The maximum atomic E-state index is 9.33. The molecule has 0 spiro atoms. The molecule has 0 heterocycles. The second kappa shape index (κ2) is 11.3.